The van der Waals surface area contributed by atoms with Gasteiger partial charge in [0, 0.05) is 30.2 Å². The van der Waals surface area contributed by atoms with Crippen molar-refractivity contribution < 1.29 is 14.3 Å². The summed E-state index contributed by atoms with van der Waals surface area (Å²) in [6.45, 7) is 2.98. The first-order valence-electron chi connectivity index (χ1n) is 11.2. The second-order valence-electron chi connectivity index (χ2n) is 8.50. The van der Waals surface area contributed by atoms with Crippen molar-refractivity contribution in [2.75, 3.05) is 25.2 Å². The minimum absolute atomic E-state index is 0.172. The topological polar surface area (TPSA) is 90.0 Å². The molecule has 1 fully saturated rings. The van der Waals surface area contributed by atoms with Crippen LogP contribution in [0.25, 0.3) is 10.9 Å². The van der Waals surface area contributed by atoms with Crippen LogP contribution in [0.1, 0.15) is 31.2 Å². The van der Waals surface area contributed by atoms with Gasteiger partial charge in [-0.05, 0) is 61.6 Å². The number of nitrogens with zero attached hydrogens (tertiary/aromatic N) is 3. The number of likely N-dealkylation sites (tertiary alicyclic amines) is 1. The average molecular weight is 446 g/mol. The summed E-state index contributed by atoms with van der Waals surface area (Å²) >= 11 is 0. The van der Waals surface area contributed by atoms with Gasteiger partial charge in [-0.25, -0.2) is 10.0 Å². The Kier molecular flexibility index (Phi) is 5.50. The number of hydrazine groups is 1. The van der Waals surface area contributed by atoms with E-state index in [1.54, 1.807) is 14.0 Å². The van der Waals surface area contributed by atoms with Crippen LogP contribution >= 0.6 is 0 Å². The molecular formula is C25H27N5O3. The van der Waals surface area contributed by atoms with E-state index >= 15 is 0 Å². The molecular weight excluding hydrogens is 418 g/mol. The van der Waals surface area contributed by atoms with Crippen molar-refractivity contribution in [1.29, 1.82) is 0 Å². The minimum atomic E-state index is -0.621. The fourth-order valence-electron chi connectivity index (χ4n) is 4.63. The lowest BCUT2D eigenvalue weighted by atomic mass is 9.89. The predicted molar refractivity (Wildman–Crippen MR) is 127 cm³/mol. The zero-order valence-electron chi connectivity index (χ0n) is 18.7. The molecule has 0 saturated carbocycles. The summed E-state index contributed by atoms with van der Waals surface area (Å²) in [7, 11) is 1.67. The lowest BCUT2D eigenvalue weighted by Crippen LogP contribution is -2.59. The summed E-state index contributed by atoms with van der Waals surface area (Å²) < 4.78 is 5.39. The van der Waals surface area contributed by atoms with Crippen molar-refractivity contribution in [3.63, 3.8) is 0 Å². The Balaban J connectivity index is 1.29. The number of methoxy groups -OCH3 is 1. The zero-order valence-corrected chi connectivity index (χ0v) is 18.7. The van der Waals surface area contributed by atoms with Crippen LogP contribution in [-0.4, -0.2) is 53.8 Å². The van der Waals surface area contributed by atoms with Crippen molar-refractivity contribution in [3.8, 4) is 5.75 Å². The summed E-state index contributed by atoms with van der Waals surface area (Å²) in [6, 6.07) is 14.7. The molecule has 2 aromatic carbocycles. The Bertz CT molecular complexity index is 1210. The van der Waals surface area contributed by atoms with E-state index in [0.29, 0.717) is 24.7 Å². The summed E-state index contributed by atoms with van der Waals surface area (Å²) in [5.41, 5.74) is 5.98. The lowest BCUT2D eigenvalue weighted by Gasteiger charge is -2.35. The number of carbonyl (C=O) groups is 2. The van der Waals surface area contributed by atoms with Crippen molar-refractivity contribution >= 4 is 34.2 Å². The third-order valence-electron chi connectivity index (χ3n) is 6.48. The van der Waals surface area contributed by atoms with Gasteiger partial charge in [-0.3, -0.25) is 15.0 Å². The van der Waals surface area contributed by atoms with Crippen molar-refractivity contribution in [1.82, 2.24) is 15.3 Å². The third-order valence-corrected chi connectivity index (χ3v) is 6.48. The highest BCUT2D eigenvalue weighted by Crippen LogP contribution is 2.34. The number of fused-ring (bicyclic) bond motifs is 1. The number of piperidine rings is 1. The highest BCUT2D eigenvalue weighted by atomic mass is 16.5. The molecule has 33 heavy (non-hydrogen) atoms. The number of aliphatic imine (C=N–C) groups is 1. The van der Waals surface area contributed by atoms with Gasteiger partial charge < -0.3 is 14.6 Å². The summed E-state index contributed by atoms with van der Waals surface area (Å²) in [6.07, 6.45) is 3.80. The minimum Gasteiger partial charge on any atom is -0.497 e. The number of anilines is 1. The van der Waals surface area contributed by atoms with Gasteiger partial charge in [0.15, 0.2) is 0 Å². The zero-order chi connectivity index (χ0) is 22.9. The molecule has 2 aliphatic rings. The van der Waals surface area contributed by atoms with E-state index in [9.17, 15) is 9.59 Å². The van der Waals surface area contributed by atoms with Crippen LogP contribution in [-0.2, 0) is 9.59 Å². The molecule has 2 N–H and O–H groups in total. The number of hydrogen-bond acceptors (Lipinski definition) is 5. The Morgan fingerprint density at radius 1 is 1.12 bits per heavy atom. The predicted octanol–water partition coefficient (Wildman–Crippen LogP) is 3.22. The Morgan fingerprint density at radius 3 is 2.61 bits per heavy atom. The smallest absolute Gasteiger partial charge is 0.290 e. The average Bonchev–Trinajstić information content (AvgIpc) is 3.29. The highest BCUT2D eigenvalue weighted by Gasteiger charge is 2.34. The summed E-state index contributed by atoms with van der Waals surface area (Å²) in [5.74, 6) is 1.04. The molecule has 2 aliphatic heterocycles. The Labute approximate surface area is 192 Å². The molecule has 0 radical (unpaired) electrons. The van der Waals surface area contributed by atoms with E-state index < -0.39 is 6.04 Å². The molecule has 8 nitrogen and oxygen atoms in total. The van der Waals surface area contributed by atoms with Crippen LogP contribution in [0.4, 0.5) is 5.69 Å². The molecule has 1 unspecified atom stereocenters. The first-order valence-corrected chi connectivity index (χ1v) is 11.2. The number of aromatic amines is 1. The second kappa shape index (κ2) is 8.61. The maximum atomic E-state index is 13.2. The molecule has 0 spiro atoms. The Hall–Kier alpha value is -3.81. The van der Waals surface area contributed by atoms with Gasteiger partial charge in [0.1, 0.15) is 11.8 Å². The van der Waals surface area contributed by atoms with E-state index in [2.05, 4.69) is 27.7 Å². The number of benzene rings is 2. The molecule has 0 aliphatic carbocycles. The van der Waals surface area contributed by atoms with E-state index in [1.165, 1.54) is 16.0 Å². The number of amidine groups is 1. The van der Waals surface area contributed by atoms with E-state index in [1.807, 2.05) is 47.4 Å². The molecule has 1 saturated heterocycles. The standard InChI is InChI=1S/C25H27N5O3/c1-16-24(31)30(18-6-4-3-5-7-18)28-23(27-16)25(32)29-12-10-17(11-13-29)21-15-26-22-9-8-19(33-2)14-20(21)22/h3-9,14-17,26H,10-13H2,1-2H3,(H,27,28). The SMILES string of the molecule is COc1ccc2[nH]cc(C3CCN(C(=O)C4=NC(C)C(=O)N(c5ccccc5)N4)CC3)c2c1. The molecule has 1 atom stereocenters. The summed E-state index contributed by atoms with van der Waals surface area (Å²) in [5, 5.41) is 2.58. The van der Waals surface area contributed by atoms with E-state index in [4.69, 9.17) is 4.74 Å². The first kappa shape index (κ1) is 21.1. The number of ether oxygens (including phenoxy) is 1. The largest absolute Gasteiger partial charge is 0.497 e. The lowest BCUT2D eigenvalue weighted by molar-refractivity contribution is -0.125. The van der Waals surface area contributed by atoms with Gasteiger partial charge in [0.05, 0.1) is 12.8 Å². The van der Waals surface area contributed by atoms with Gasteiger partial charge in [-0.1, -0.05) is 18.2 Å². The van der Waals surface area contributed by atoms with Gasteiger partial charge in [0.2, 0.25) is 5.84 Å². The third kappa shape index (κ3) is 3.92. The molecule has 3 aromatic rings. The normalized spacial score (nSPS) is 19.4. The monoisotopic (exact) mass is 445 g/mol. The number of H-pyrrole nitrogens is 1. The van der Waals surface area contributed by atoms with E-state index in [-0.39, 0.29) is 17.6 Å². The second-order valence-corrected chi connectivity index (χ2v) is 8.50. The fraction of sp³-hybridized carbons (Fsp3) is 0.320. The molecule has 1 aromatic heterocycles. The van der Waals surface area contributed by atoms with Gasteiger partial charge in [-0.15, -0.1) is 0 Å². The van der Waals surface area contributed by atoms with Crippen LogP contribution in [0.3, 0.4) is 0 Å². The van der Waals surface area contributed by atoms with Crippen molar-refractivity contribution in [2.45, 2.75) is 31.7 Å². The maximum absolute atomic E-state index is 13.2. The maximum Gasteiger partial charge on any atom is 0.290 e. The number of para-hydroxylation sites is 1. The Morgan fingerprint density at radius 2 is 1.88 bits per heavy atom. The van der Waals surface area contributed by atoms with Crippen LogP contribution in [0.5, 0.6) is 5.75 Å². The van der Waals surface area contributed by atoms with Crippen LogP contribution in [0.2, 0.25) is 0 Å². The molecule has 2 amide bonds. The van der Waals surface area contributed by atoms with E-state index in [0.717, 1.165) is 24.1 Å². The molecule has 170 valence electrons. The molecule has 5 rings (SSSR count). The van der Waals surface area contributed by atoms with Crippen molar-refractivity contribution in [2.24, 2.45) is 4.99 Å². The van der Waals surface area contributed by atoms with Crippen molar-refractivity contribution in [3.05, 3.63) is 60.3 Å². The number of carbonyl (C=O) groups excluding carboxylic acids is 2. The van der Waals surface area contributed by atoms with Gasteiger partial charge >= 0.3 is 0 Å². The molecule has 0 bridgehead atoms. The number of rotatable bonds is 4. The van der Waals surface area contributed by atoms with Gasteiger partial charge in [-0.2, -0.15) is 0 Å². The quantitative estimate of drug-likeness (QED) is 0.645. The van der Waals surface area contributed by atoms with Crippen LogP contribution in [0.15, 0.2) is 59.7 Å². The van der Waals surface area contributed by atoms with Gasteiger partial charge in [0.25, 0.3) is 11.8 Å². The fourth-order valence-corrected chi connectivity index (χ4v) is 4.63. The number of nitrogens with one attached hydrogen (secondary N) is 2. The number of aromatic nitrogens is 1. The summed E-state index contributed by atoms with van der Waals surface area (Å²) in [4.78, 5) is 35.4. The number of amides is 2. The molecule has 3 heterocycles. The highest BCUT2D eigenvalue weighted by molar-refractivity contribution is 6.39. The first-order chi connectivity index (χ1) is 16.0. The van der Waals surface area contributed by atoms with Crippen LogP contribution < -0.4 is 15.2 Å². The van der Waals surface area contributed by atoms with Crippen LogP contribution in [0, 0.1) is 0 Å². The number of hydrogen-bond donors (Lipinski definition) is 2. The molecule has 8 heteroatoms.